The van der Waals surface area contributed by atoms with Gasteiger partial charge in [-0.2, -0.15) is 0 Å². The fourth-order valence-electron chi connectivity index (χ4n) is 1.14. The van der Waals surface area contributed by atoms with Gasteiger partial charge in [-0.3, -0.25) is 9.98 Å². The third-order valence-electron chi connectivity index (χ3n) is 1.75. The molecule has 0 bridgehead atoms. The number of thiol groups is 1. The van der Waals surface area contributed by atoms with Gasteiger partial charge in [-0.1, -0.05) is 6.07 Å². The maximum atomic E-state index is 4.18. The first-order valence-corrected chi connectivity index (χ1v) is 4.16. The van der Waals surface area contributed by atoms with Gasteiger partial charge in [-0.15, -0.1) is 12.6 Å². The Hall–Kier alpha value is -1.09. The lowest BCUT2D eigenvalue weighted by molar-refractivity contribution is 1.30. The molecule has 1 aliphatic rings. The summed E-state index contributed by atoms with van der Waals surface area (Å²) in [7, 11) is 0. The monoisotopic (exact) mass is 176 g/mol. The first-order valence-electron chi connectivity index (χ1n) is 3.71. The van der Waals surface area contributed by atoms with Gasteiger partial charge in [-0.25, -0.2) is 0 Å². The Labute approximate surface area is 76.5 Å². The molecule has 1 aliphatic heterocycles. The highest BCUT2D eigenvalue weighted by molar-refractivity contribution is 7.97. The van der Waals surface area contributed by atoms with Gasteiger partial charge in [-0.05, 0) is 17.2 Å². The molecule has 1 aromatic heterocycles. The van der Waals surface area contributed by atoms with Crippen molar-refractivity contribution in [2.45, 2.75) is 6.42 Å². The van der Waals surface area contributed by atoms with E-state index in [4.69, 9.17) is 0 Å². The summed E-state index contributed by atoms with van der Waals surface area (Å²) in [5.41, 5.74) is 2.32. The molecule has 0 aromatic carbocycles. The first-order chi connectivity index (χ1) is 5.86. The zero-order valence-electron chi connectivity index (χ0n) is 6.44. The second kappa shape index (κ2) is 3.11. The summed E-state index contributed by atoms with van der Waals surface area (Å²) in [5, 5.41) is 0.869. The first kappa shape index (κ1) is 7.55. The van der Waals surface area contributed by atoms with Gasteiger partial charge >= 0.3 is 0 Å². The minimum absolute atomic E-state index is 0.828. The van der Waals surface area contributed by atoms with E-state index in [1.54, 1.807) is 6.20 Å². The third kappa shape index (κ3) is 1.41. The van der Waals surface area contributed by atoms with E-state index in [9.17, 15) is 0 Å². The molecule has 0 amide bonds. The molecule has 0 saturated heterocycles. The van der Waals surface area contributed by atoms with E-state index in [0.717, 1.165) is 17.0 Å². The Morgan fingerprint density at radius 2 is 2.33 bits per heavy atom. The van der Waals surface area contributed by atoms with E-state index in [2.05, 4.69) is 22.6 Å². The van der Waals surface area contributed by atoms with Crippen molar-refractivity contribution in [3.63, 3.8) is 0 Å². The second-order valence-corrected chi connectivity index (χ2v) is 3.13. The maximum absolute atomic E-state index is 4.18. The van der Waals surface area contributed by atoms with Crippen molar-refractivity contribution < 1.29 is 0 Å². The van der Waals surface area contributed by atoms with Crippen LogP contribution in [0.4, 0.5) is 0 Å². The Balaban J connectivity index is 2.25. The molecule has 0 unspecified atom stereocenters. The standard InChI is InChI=1S/C9H8N2S/c12-9-4-8(6-11-9)7-2-1-3-10-5-7/h1-3,5-6H,4H2,(H,11,12). The molecule has 1 aromatic rings. The van der Waals surface area contributed by atoms with Gasteiger partial charge < -0.3 is 0 Å². The molecule has 2 rings (SSSR count). The van der Waals surface area contributed by atoms with Crippen molar-refractivity contribution >= 4 is 23.2 Å². The lowest BCUT2D eigenvalue weighted by atomic mass is 10.1. The third-order valence-corrected chi connectivity index (χ3v) is 2.02. The average Bonchev–Trinajstić information content (AvgIpc) is 2.54. The summed E-state index contributed by atoms with van der Waals surface area (Å²) in [6.07, 6.45) is 6.28. The normalized spacial score (nSPS) is 15.8. The van der Waals surface area contributed by atoms with Crippen LogP contribution in [0.25, 0.3) is 5.57 Å². The number of aliphatic imine (C=N–C) groups is 1. The summed E-state index contributed by atoms with van der Waals surface area (Å²) in [5.74, 6) is 0. The van der Waals surface area contributed by atoms with Crippen LogP contribution in [0, 0.1) is 0 Å². The number of nitrogens with zero attached hydrogens (tertiary/aromatic N) is 2. The highest BCUT2D eigenvalue weighted by Crippen LogP contribution is 2.23. The van der Waals surface area contributed by atoms with Crippen LogP contribution < -0.4 is 0 Å². The molecule has 0 atom stereocenters. The van der Waals surface area contributed by atoms with Crippen molar-refractivity contribution in [2.75, 3.05) is 0 Å². The van der Waals surface area contributed by atoms with Crippen molar-refractivity contribution in [3.05, 3.63) is 36.3 Å². The number of allylic oxidation sites excluding steroid dienone is 1. The van der Waals surface area contributed by atoms with Crippen molar-refractivity contribution in [1.82, 2.24) is 4.98 Å². The van der Waals surface area contributed by atoms with Crippen LogP contribution in [-0.2, 0) is 0 Å². The Morgan fingerprint density at radius 3 is 2.92 bits per heavy atom. The van der Waals surface area contributed by atoms with Gasteiger partial charge in [0, 0.05) is 25.0 Å². The van der Waals surface area contributed by atoms with E-state index in [1.807, 2.05) is 24.5 Å². The molecule has 0 aliphatic carbocycles. The zero-order chi connectivity index (χ0) is 8.39. The summed E-state index contributed by atoms with van der Waals surface area (Å²) >= 11 is 4.18. The minimum atomic E-state index is 0.828. The molecule has 12 heavy (non-hydrogen) atoms. The predicted octanol–water partition coefficient (Wildman–Crippen LogP) is 2.15. The number of hydrogen-bond donors (Lipinski definition) is 1. The largest absolute Gasteiger partial charge is 0.264 e. The second-order valence-electron chi connectivity index (χ2n) is 2.62. The van der Waals surface area contributed by atoms with Crippen LogP contribution in [-0.4, -0.2) is 10.0 Å². The van der Waals surface area contributed by atoms with Crippen molar-refractivity contribution in [1.29, 1.82) is 0 Å². The molecule has 0 radical (unpaired) electrons. The molecule has 0 saturated carbocycles. The van der Waals surface area contributed by atoms with Gasteiger partial charge in [0.05, 0.1) is 5.04 Å². The van der Waals surface area contributed by atoms with E-state index >= 15 is 0 Å². The van der Waals surface area contributed by atoms with Crippen molar-refractivity contribution in [3.8, 4) is 0 Å². The molecule has 2 nitrogen and oxygen atoms in total. The Bertz CT molecular complexity index is 341. The lowest BCUT2D eigenvalue weighted by Crippen LogP contribution is -1.85. The van der Waals surface area contributed by atoms with Gasteiger partial charge in [0.25, 0.3) is 0 Å². The van der Waals surface area contributed by atoms with E-state index < -0.39 is 0 Å². The number of pyridine rings is 1. The molecule has 0 spiro atoms. The fourth-order valence-corrected chi connectivity index (χ4v) is 1.37. The Morgan fingerprint density at radius 1 is 1.42 bits per heavy atom. The molecule has 2 heterocycles. The predicted molar refractivity (Wildman–Crippen MR) is 53.3 cm³/mol. The SMILES string of the molecule is SC1=NC=C(c2cccnc2)C1. The van der Waals surface area contributed by atoms with Gasteiger partial charge in [0.1, 0.15) is 0 Å². The number of rotatable bonds is 1. The highest BCUT2D eigenvalue weighted by Gasteiger charge is 2.08. The summed E-state index contributed by atoms with van der Waals surface area (Å²) < 4.78 is 0. The van der Waals surface area contributed by atoms with E-state index in [1.165, 1.54) is 5.57 Å². The topological polar surface area (TPSA) is 25.2 Å². The summed E-state index contributed by atoms with van der Waals surface area (Å²) in [6, 6.07) is 3.95. The summed E-state index contributed by atoms with van der Waals surface area (Å²) in [4.78, 5) is 8.12. The van der Waals surface area contributed by atoms with E-state index in [-0.39, 0.29) is 0 Å². The smallest absolute Gasteiger partial charge is 0.0745 e. The van der Waals surface area contributed by atoms with Gasteiger partial charge in [0.15, 0.2) is 0 Å². The van der Waals surface area contributed by atoms with Crippen LogP contribution >= 0.6 is 12.6 Å². The van der Waals surface area contributed by atoms with Crippen LogP contribution in [0.1, 0.15) is 12.0 Å². The van der Waals surface area contributed by atoms with Crippen LogP contribution in [0.15, 0.2) is 35.7 Å². The average molecular weight is 176 g/mol. The maximum Gasteiger partial charge on any atom is 0.0745 e. The van der Waals surface area contributed by atoms with Crippen molar-refractivity contribution in [2.24, 2.45) is 4.99 Å². The summed E-state index contributed by atoms with van der Waals surface area (Å²) in [6.45, 7) is 0. The Kier molecular flexibility index (Phi) is 1.96. The van der Waals surface area contributed by atoms with Crippen LogP contribution in [0.5, 0.6) is 0 Å². The fraction of sp³-hybridized carbons (Fsp3) is 0.111. The highest BCUT2D eigenvalue weighted by atomic mass is 32.1. The van der Waals surface area contributed by atoms with Crippen LogP contribution in [0.2, 0.25) is 0 Å². The lowest BCUT2D eigenvalue weighted by Gasteiger charge is -1.98. The molecule has 60 valence electrons. The molecule has 3 heteroatoms. The van der Waals surface area contributed by atoms with Crippen LogP contribution in [0.3, 0.4) is 0 Å². The molecular weight excluding hydrogens is 168 g/mol. The zero-order valence-corrected chi connectivity index (χ0v) is 7.33. The van der Waals surface area contributed by atoms with Gasteiger partial charge in [0.2, 0.25) is 0 Å². The molecule has 0 fully saturated rings. The minimum Gasteiger partial charge on any atom is -0.264 e. The molecular formula is C9H8N2S. The number of hydrogen-bond acceptors (Lipinski definition) is 2. The van der Waals surface area contributed by atoms with E-state index in [0.29, 0.717) is 0 Å². The molecule has 0 N–H and O–H groups in total. The quantitative estimate of drug-likeness (QED) is 0.652. The number of aromatic nitrogens is 1.